The number of carbonyl (C=O) groups is 4. The summed E-state index contributed by atoms with van der Waals surface area (Å²) < 4.78 is 5.62. The fraction of sp³-hybridized carbons (Fsp3) is 0.531. The average molecular weight is 898 g/mol. The van der Waals surface area contributed by atoms with Crippen molar-refractivity contribution in [2.75, 3.05) is 81.0 Å². The third kappa shape index (κ3) is 8.29. The first-order valence-corrected chi connectivity index (χ1v) is 24.0. The Morgan fingerprint density at radius 2 is 1.59 bits per heavy atom. The topological polar surface area (TPSA) is 197 Å². The van der Waals surface area contributed by atoms with E-state index >= 15 is 0 Å². The summed E-state index contributed by atoms with van der Waals surface area (Å²) >= 11 is 0. The van der Waals surface area contributed by atoms with Gasteiger partial charge < -0.3 is 40.5 Å². The summed E-state index contributed by atoms with van der Waals surface area (Å²) in [5.41, 5.74) is 13.1. The van der Waals surface area contributed by atoms with Crippen LogP contribution in [0.25, 0.3) is 11.3 Å². The van der Waals surface area contributed by atoms with Crippen molar-refractivity contribution in [1.82, 2.24) is 35.1 Å². The zero-order valence-corrected chi connectivity index (χ0v) is 37.4. The molecule has 17 nitrogen and oxygen atoms in total. The first-order valence-electron chi connectivity index (χ1n) is 24.0. The number of rotatable bonds is 10. The number of anilines is 3. The first-order chi connectivity index (χ1) is 32.1. The van der Waals surface area contributed by atoms with Crippen molar-refractivity contribution in [2.24, 2.45) is 10.9 Å². The molecular formula is C49H59N11O6. The Balaban J connectivity index is 0.632. The Bertz CT molecular complexity index is 2460. The van der Waals surface area contributed by atoms with Crippen LogP contribution in [0.15, 0.2) is 65.3 Å². The molecule has 2 bridgehead atoms. The van der Waals surface area contributed by atoms with E-state index in [0.29, 0.717) is 41.4 Å². The largest absolute Gasteiger partial charge is 0.380 e. The zero-order chi connectivity index (χ0) is 45.1. The van der Waals surface area contributed by atoms with Crippen LogP contribution in [-0.2, 0) is 14.3 Å². The number of nitrogens with one attached hydrogen (secondary N) is 1. The lowest BCUT2D eigenvalue weighted by Crippen LogP contribution is -2.57. The molecule has 0 saturated carbocycles. The highest BCUT2D eigenvalue weighted by atomic mass is 16.6. The van der Waals surface area contributed by atoms with Gasteiger partial charge in [-0.05, 0) is 80.7 Å². The maximum atomic E-state index is 13.4. The third-order valence-electron chi connectivity index (χ3n) is 15.3. The van der Waals surface area contributed by atoms with E-state index < -0.39 is 24.1 Å². The summed E-state index contributed by atoms with van der Waals surface area (Å²) in [6, 6.07) is 15.7. The van der Waals surface area contributed by atoms with Gasteiger partial charge in [0.05, 0.1) is 40.9 Å². The van der Waals surface area contributed by atoms with Gasteiger partial charge >= 0.3 is 0 Å². The number of aliphatic hydroxyl groups excluding tert-OH is 1. The predicted molar refractivity (Wildman–Crippen MR) is 247 cm³/mol. The molecule has 1 aromatic heterocycles. The number of benzene rings is 2. The molecule has 346 valence electrons. The van der Waals surface area contributed by atoms with Crippen molar-refractivity contribution < 1.29 is 29.0 Å². The van der Waals surface area contributed by atoms with Crippen LogP contribution in [-0.4, -0.2) is 154 Å². The number of fused-ring (bicyclic) bond motifs is 3. The second kappa shape index (κ2) is 17.7. The van der Waals surface area contributed by atoms with Gasteiger partial charge in [-0.15, -0.1) is 10.2 Å². The molecule has 66 heavy (non-hydrogen) atoms. The van der Waals surface area contributed by atoms with Crippen LogP contribution in [0.2, 0.25) is 0 Å². The SMILES string of the molecule is Nc1nnc(-c2ccccc2C2CO2)cc1N1CC2CCC(C1)N2C1=NC(CN2CCN(C(=O)CCC3CCN(c4ccc5c(c4)C(=O)N(C4CCC(=O)NC4O)C5=O)CC3)CC2)=CCC1. The number of nitrogens with zero attached hydrogens (tertiary/aromatic N) is 9. The molecular weight excluding hydrogens is 839 g/mol. The lowest BCUT2D eigenvalue weighted by atomic mass is 9.91. The van der Waals surface area contributed by atoms with Crippen molar-refractivity contribution in [2.45, 2.75) is 94.7 Å². The second-order valence-corrected chi connectivity index (χ2v) is 19.3. The van der Waals surface area contributed by atoms with E-state index in [4.69, 9.17) is 15.5 Å². The van der Waals surface area contributed by atoms with Gasteiger partial charge in [0.15, 0.2) is 5.82 Å². The number of allylic oxidation sites excluding steroid dienone is 1. The van der Waals surface area contributed by atoms with Crippen molar-refractivity contribution >= 4 is 46.7 Å². The quantitative estimate of drug-likeness (QED) is 0.198. The van der Waals surface area contributed by atoms with Gasteiger partial charge in [0.1, 0.15) is 18.2 Å². The van der Waals surface area contributed by atoms with Crippen LogP contribution in [0.1, 0.15) is 96.6 Å². The first kappa shape index (κ1) is 42.7. The number of nitrogens with two attached hydrogens (primary N) is 1. The molecule has 0 radical (unpaired) electrons. The van der Waals surface area contributed by atoms with Crippen LogP contribution in [0, 0.1) is 5.92 Å². The summed E-state index contributed by atoms with van der Waals surface area (Å²) in [7, 11) is 0. The van der Waals surface area contributed by atoms with Crippen LogP contribution < -0.4 is 20.9 Å². The van der Waals surface area contributed by atoms with E-state index in [9.17, 15) is 24.3 Å². The van der Waals surface area contributed by atoms with Gasteiger partial charge in [0, 0.05) is 101 Å². The minimum atomic E-state index is -1.28. The number of amides is 4. The third-order valence-corrected chi connectivity index (χ3v) is 15.3. The lowest BCUT2D eigenvalue weighted by molar-refractivity contribution is -0.133. The fourth-order valence-corrected chi connectivity index (χ4v) is 11.6. The van der Waals surface area contributed by atoms with Crippen molar-refractivity contribution in [3.63, 3.8) is 0 Å². The molecule has 5 atom stereocenters. The summed E-state index contributed by atoms with van der Waals surface area (Å²) in [5, 5.41) is 21.8. The number of imide groups is 1. The van der Waals surface area contributed by atoms with E-state index in [1.165, 1.54) is 5.84 Å². The van der Waals surface area contributed by atoms with Gasteiger partial charge in [-0.25, -0.2) is 4.99 Å². The van der Waals surface area contributed by atoms with Gasteiger partial charge in [0.2, 0.25) is 11.8 Å². The number of piperidine rings is 2. The molecule has 6 saturated heterocycles. The van der Waals surface area contributed by atoms with E-state index in [-0.39, 0.29) is 30.8 Å². The number of aliphatic imine (C=N–C) groups is 1. The normalized spacial score (nSPS) is 27.0. The van der Waals surface area contributed by atoms with Crippen molar-refractivity contribution in [3.8, 4) is 11.3 Å². The number of piperazine rings is 2. The number of epoxide rings is 1. The minimum absolute atomic E-state index is 0.122. The monoisotopic (exact) mass is 897 g/mol. The number of ether oxygens (including phenoxy) is 1. The summed E-state index contributed by atoms with van der Waals surface area (Å²) in [4.78, 5) is 69.9. The maximum absolute atomic E-state index is 13.4. The number of hydrogen-bond acceptors (Lipinski definition) is 14. The highest BCUT2D eigenvalue weighted by Gasteiger charge is 2.45. The second-order valence-electron chi connectivity index (χ2n) is 19.3. The minimum Gasteiger partial charge on any atom is -0.380 e. The molecule has 0 spiro atoms. The molecule has 2 aromatic carbocycles. The number of aliphatic hydroxyl groups is 1. The average Bonchev–Trinajstić information content (AvgIpc) is 4.11. The molecule has 4 amide bonds. The molecule has 11 rings (SSSR count). The smallest absolute Gasteiger partial charge is 0.262 e. The van der Waals surface area contributed by atoms with Crippen molar-refractivity contribution in [1.29, 1.82) is 0 Å². The Hall–Kier alpha value is -5.91. The maximum Gasteiger partial charge on any atom is 0.262 e. The number of aromatic nitrogens is 2. The van der Waals surface area contributed by atoms with Gasteiger partial charge in [0.25, 0.3) is 11.8 Å². The lowest BCUT2D eigenvalue weighted by Gasteiger charge is -2.44. The zero-order valence-electron chi connectivity index (χ0n) is 37.4. The summed E-state index contributed by atoms with van der Waals surface area (Å²) in [6.07, 6.45) is 9.02. The standard InChI is InChI=1S/C49H59N11O6/c50-46-41(25-39(53-54-46)35-5-1-2-6-36(35)42-29-66-42)58-27-33-9-10-34(28-58)59(33)43-7-3-4-31(51-43)26-55-20-22-57(23-21-55)45(62)15-8-30-16-18-56(19-17-30)32-11-12-37-38(24-32)49(65)60(48(37)64)40-13-14-44(61)52-47(40)63/h1-2,4-6,11-12,24-25,30,33-34,40,42,47,63H,3,7-10,13-23,26-29H2,(H2,50,54)(H,52,61). The van der Waals surface area contributed by atoms with Gasteiger partial charge in [-0.2, -0.15) is 0 Å². The highest BCUT2D eigenvalue weighted by molar-refractivity contribution is 6.22. The van der Waals surface area contributed by atoms with Gasteiger partial charge in [-0.1, -0.05) is 30.3 Å². The predicted octanol–water partition coefficient (Wildman–Crippen LogP) is 3.56. The molecule has 17 heteroatoms. The van der Waals surface area contributed by atoms with Crippen LogP contribution in [0.3, 0.4) is 0 Å². The van der Waals surface area contributed by atoms with Crippen LogP contribution in [0.5, 0.6) is 0 Å². The number of nitrogen functional groups attached to an aromatic ring is 1. The molecule has 0 aliphatic carbocycles. The number of hydrogen-bond donors (Lipinski definition) is 3. The Labute approximate surface area is 384 Å². The number of amidine groups is 1. The van der Waals surface area contributed by atoms with Crippen LogP contribution >= 0.6 is 0 Å². The Kier molecular flexibility index (Phi) is 11.5. The molecule has 6 fully saturated rings. The van der Waals surface area contributed by atoms with Crippen LogP contribution in [0.4, 0.5) is 17.2 Å². The Morgan fingerprint density at radius 1 is 0.833 bits per heavy atom. The molecule has 8 aliphatic rings. The summed E-state index contributed by atoms with van der Waals surface area (Å²) in [5.74, 6) is 1.18. The molecule has 5 unspecified atom stereocenters. The van der Waals surface area contributed by atoms with E-state index in [1.807, 2.05) is 23.1 Å². The van der Waals surface area contributed by atoms with Gasteiger partial charge in [-0.3, -0.25) is 29.0 Å². The molecule has 9 heterocycles. The molecule has 4 N–H and O–H groups in total. The van der Waals surface area contributed by atoms with E-state index in [0.717, 1.165) is 149 Å². The fourth-order valence-electron chi connectivity index (χ4n) is 11.6. The molecule has 8 aliphatic heterocycles. The highest BCUT2D eigenvalue weighted by Crippen LogP contribution is 2.40. The van der Waals surface area contributed by atoms with Crippen molar-refractivity contribution in [3.05, 3.63) is 77.0 Å². The number of carbonyl (C=O) groups excluding carboxylic acids is 4. The molecule has 3 aromatic rings. The van der Waals surface area contributed by atoms with E-state index in [1.54, 1.807) is 12.1 Å². The summed E-state index contributed by atoms with van der Waals surface area (Å²) in [6.45, 7) is 8.01. The van der Waals surface area contributed by atoms with E-state index in [2.05, 4.69) is 59.4 Å². The Morgan fingerprint density at radius 3 is 2.35 bits per heavy atom.